The number of aryl methyl sites for hydroxylation is 2. The van der Waals surface area contributed by atoms with E-state index in [1.54, 1.807) is 19.1 Å². The molecule has 2 atom stereocenters. The molecule has 13 heteroatoms. The van der Waals surface area contributed by atoms with Crippen LogP contribution in [0.25, 0.3) is 22.3 Å². The Morgan fingerprint density at radius 1 is 0.979 bits per heavy atom. The summed E-state index contributed by atoms with van der Waals surface area (Å²) in [6.45, 7) is 3.35. The van der Waals surface area contributed by atoms with Crippen LogP contribution in [0.5, 0.6) is 0 Å². The van der Waals surface area contributed by atoms with Crippen molar-refractivity contribution in [2.45, 2.75) is 63.1 Å². The largest absolute Gasteiger partial charge is 0.445 e. The number of amides is 1. The third kappa shape index (κ3) is 6.80. The van der Waals surface area contributed by atoms with Gasteiger partial charge in [-0.3, -0.25) is 0 Å². The molecule has 5 aromatic rings. The molecular formula is C34H32F3N5O4S. The number of ether oxygens (including phenoxy) is 1. The van der Waals surface area contributed by atoms with Gasteiger partial charge in [-0.1, -0.05) is 48.0 Å². The van der Waals surface area contributed by atoms with Gasteiger partial charge in [0, 0.05) is 35.3 Å². The summed E-state index contributed by atoms with van der Waals surface area (Å²) in [5.74, 6) is -3.01. The number of hydrogen-bond acceptors (Lipinski definition) is 7. The van der Waals surface area contributed by atoms with Crippen molar-refractivity contribution < 1.29 is 31.1 Å². The SMILES string of the molecule is Cc1ccc(S(=O)(=O)n2cc(-c3nc(C)c(F)c(N[C@H]4CCC[C@@H](NC(=O)OCc5ccccc5)C4)n3)c3cc(F)cc(F)c32)cc1. The monoisotopic (exact) mass is 663 g/mol. The number of anilines is 1. The molecule has 3 aromatic carbocycles. The van der Waals surface area contributed by atoms with Crippen LogP contribution in [0, 0.1) is 31.3 Å². The summed E-state index contributed by atoms with van der Waals surface area (Å²) in [5.41, 5.74) is 1.25. The van der Waals surface area contributed by atoms with E-state index < -0.39 is 33.6 Å². The van der Waals surface area contributed by atoms with Crippen molar-refractivity contribution in [1.29, 1.82) is 0 Å². The molecule has 9 nitrogen and oxygen atoms in total. The highest BCUT2D eigenvalue weighted by Gasteiger charge is 2.28. The van der Waals surface area contributed by atoms with Crippen molar-refractivity contribution in [3.05, 3.63) is 107 Å². The van der Waals surface area contributed by atoms with Gasteiger partial charge in [-0.15, -0.1) is 0 Å². The summed E-state index contributed by atoms with van der Waals surface area (Å²) in [6, 6.07) is 16.4. The number of carbonyl (C=O) groups is 1. The summed E-state index contributed by atoms with van der Waals surface area (Å²) in [5, 5.41) is 5.89. The molecule has 1 saturated carbocycles. The van der Waals surface area contributed by atoms with Crippen LogP contribution in [-0.2, 0) is 21.4 Å². The van der Waals surface area contributed by atoms with Gasteiger partial charge in [0.25, 0.3) is 10.0 Å². The Labute approximate surface area is 269 Å². The second kappa shape index (κ2) is 13.1. The van der Waals surface area contributed by atoms with Crippen LogP contribution in [0.4, 0.5) is 23.8 Å². The molecule has 1 amide bonds. The highest BCUT2D eigenvalue weighted by Crippen LogP contribution is 2.35. The highest BCUT2D eigenvalue weighted by molar-refractivity contribution is 7.90. The number of halogens is 3. The fourth-order valence-electron chi connectivity index (χ4n) is 5.79. The van der Waals surface area contributed by atoms with Crippen LogP contribution in [0.2, 0.25) is 0 Å². The van der Waals surface area contributed by atoms with E-state index in [9.17, 15) is 17.6 Å². The molecular weight excluding hydrogens is 631 g/mol. The zero-order valence-corrected chi connectivity index (χ0v) is 26.5. The number of aromatic nitrogens is 3. The summed E-state index contributed by atoms with van der Waals surface area (Å²) in [6.07, 6.45) is 3.15. The van der Waals surface area contributed by atoms with Gasteiger partial charge < -0.3 is 15.4 Å². The molecule has 0 aliphatic heterocycles. The average Bonchev–Trinajstić information content (AvgIpc) is 3.44. The number of nitrogens with zero attached hydrogens (tertiary/aromatic N) is 3. The summed E-state index contributed by atoms with van der Waals surface area (Å²) in [7, 11) is -4.33. The molecule has 244 valence electrons. The molecule has 1 aliphatic rings. The van der Waals surface area contributed by atoms with Crippen molar-refractivity contribution in [2.75, 3.05) is 5.32 Å². The van der Waals surface area contributed by atoms with Crippen LogP contribution in [0.15, 0.2) is 77.8 Å². The number of rotatable bonds is 8. The Hall–Kier alpha value is -4.91. The first-order chi connectivity index (χ1) is 22.5. The Morgan fingerprint density at radius 2 is 1.70 bits per heavy atom. The van der Waals surface area contributed by atoms with Crippen molar-refractivity contribution in [2.24, 2.45) is 0 Å². The van der Waals surface area contributed by atoms with Crippen molar-refractivity contribution in [1.82, 2.24) is 19.3 Å². The number of hydrogen-bond donors (Lipinski definition) is 2. The first kappa shape index (κ1) is 32.0. The normalized spacial score (nSPS) is 16.6. The van der Waals surface area contributed by atoms with Gasteiger partial charge in [-0.25, -0.2) is 40.3 Å². The zero-order valence-electron chi connectivity index (χ0n) is 25.6. The van der Waals surface area contributed by atoms with E-state index in [2.05, 4.69) is 20.6 Å². The van der Waals surface area contributed by atoms with Crippen LogP contribution >= 0.6 is 0 Å². The highest BCUT2D eigenvalue weighted by atomic mass is 32.2. The number of carbonyl (C=O) groups excluding carboxylic acids is 1. The van der Waals surface area contributed by atoms with Crippen LogP contribution in [-0.4, -0.2) is 40.5 Å². The number of nitrogens with one attached hydrogen (secondary N) is 2. The molecule has 1 fully saturated rings. The molecule has 0 saturated heterocycles. The van der Waals surface area contributed by atoms with Crippen LogP contribution in [0.1, 0.15) is 42.5 Å². The summed E-state index contributed by atoms with van der Waals surface area (Å²) >= 11 is 0. The van der Waals surface area contributed by atoms with E-state index in [-0.39, 0.29) is 57.4 Å². The molecule has 0 radical (unpaired) electrons. The molecule has 0 unspecified atom stereocenters. The smallest absolute Gasteiger partial charge is 0.407 e. The Morgan fingerprint density at radius 3 is 2.45 bits per heavy atom. The van der Waals surface area contributed by atoms with Crippen LogP contribution in [0.3, 0.4) is 0 Å². The van der Waals surface area contributed by atoms with Gasteiger partial charge >= 0.3 is 6.09 Å². The summed E-state index contributed by atoms with van der Waals surface area (Å²) in [4.78, 5) is 21.0. The van der Waals surface area contributed by atoms with Crippen molar-refractivity contribution in [3.8, 4) is 11.4 Å². The van der Waals surface area contributed by atoms with E-state index in [4.69, 9.17) is 4.74 Å². The van der Waals surface area contributed by atoms with E-state index >= 15 is 8.78 Å². The van der Waals surface area contributed by atoms with Gasteiger partial charge in [-0.05, 0) is 63.3 Å². The van der Waals surface area contributed by atoms with E-state index in [1.807, 2.05) is 30.3 Å². The average molecular weight is 664 g/mol. The molecule has 47 heavy (non-hydrogen) atoms. The fraction of sp³-hybridized carbons (Fsp3) is 0.265. The molecule has 0 bridgehead atoms. The first-order valence-electron chi connectivity index (χ1n) is 15.1. The van der Waals surface area contributed by atoms with Gasteiger partial charge in [-0.2, -0.15) is 0 Å². The number of fused-ring (bicyclic) bond motifs is 1. The molecule has 2 heterocycles. The molecule has 6 rings (SSSR count). The lowest BCUT2D eigenvalue weighted by Gasteiger charge is -2.30. The minimum Gasteiger partial charge on any atom is -0.445 e. The van der Waals surface area contributed by atoms with Gasteiger partial charge in [0.1, 0.15) is 17.9 Å². The molecule has 2 N–H and O–H groups in total. The Balaban J connectivity index is 1.28. The Kier molecular flexibility index (Phi) is 8.91. The van der Waals surface area contributed by atoms with Gasteiger partial charge in [0.2, 0.25) is 0 Å². The number of alkyl carbamates (subject to hydrolysis) is 1. The third-order valence-corrected chi connectivity index (χ3v) is 9.84. The summed E-state index contributed by atoms with van der Waals surface area (Å²) < 4.78 is 78.6. The maximum Gasteiger partial charge on any atom is 0.407 e. The molecule has 0 spiro atoms. The standard InChI is InChI=1S/C34H32F3N5O4S/c1-20-11-13-26(14-12-20)47(44,45)42-18-28(27-15-23(35)16-29(36)31(27)42)32-38-21(2)30(37)33(41-32)39-24-9-6-10-25(17-24)40-34(43)46-19-22-7-4-3-5-8-22/h3-5,7-8,11-16,18,24-25H,6,9-10,17,19H2,1-2H3,(H,40,43)(H,38,39,41)/t24-,25+/m0/s1. The first-order valence-corrected chi connectivity index (χ1v) is 16.5. The zero-order chi connectivity index (χ0) is 33.3. The van der Waals surface area contributed by atoms with Gasteiger partial charge in [0.05, 0.1) is 10.6 Å². The third-order valence-electron chi connectivity index (χ3n) is 8.17. The van der Waals surface area contributed by atoms with Gasteiger partial charge in [0.15, 0.2) is 23.3 Å². The van der Waals surface area contributed by atoms with E-state index in [1.165, 1.54) is 19.1 Å². The van der Waals surface area contributed by atoms with Crippen LogP contribution < -0.4 is 10.6 Å². The predicted octanol–water partition coefficient (Wildman–Crippen LogP) is 7.02. The Bertz CT molecular complexity index is 2050. The lowest BCUT2D eigenvalue weighted by molar-refractivity contribution is 0.132. The minimum atomic E-state index is -4.33. The second-order valence-electron chi connectivity index (χ2n) is 11.6. The minimum absolute atomic E-state index is 0.00425. The number of benzene rings is 3. The maximum absolute atomic E-state index is 15.4. The topological polar surface area (TPSA) is 115 Å². The molecule has 1 aliphatic carbocycles. The second-order valence-corrected chi connectivity index (χ2v) is 13.5. The lowest BCUT2D eigenvalue weighted by Crippen LogP contribution is -2.42. The predicted molar refractivity (Wildman–Crippen MR) is 171 cm³/mol. The molecule has 2 aromatic heterocycles. The fourth-order valence-corrected chi connectivity index (χ4v) is 7.17. The van der Waals surface area contributed by atoms with Crippen molar-refractivity contribution >= 4 is 32.8 Å². The quantitative estimate of drug-likeness (QED) is 0.183. The van der Waals surface area contributed by atoms with Crippen molar-refractivity contribution in [3.63, 3.8) is 0 Å². The van der Waals surface area contributed by atoms with E-state index in [0.717, 1.165) is 33.8 Å². The lowest BCUT2D eigenvalue weighted by atomic mass is 9.91. The maximum atomic E-state index is 15.4. The van der Waals surface area contributed by atoms with E-state index in [0.29, 0.717) is 25.3 Å².